The fourth-order valence-corrected chi connectivity index (χ4v) is 3.95. The zero-order chi connectivity index (χ0) is 21.4. The molecular formula is C22H22N6O3. The predicted octanol–water partition coefficient (Wildman–Crippen LogP) is 2.97. The number of hydrogen-bond donors (Lipinski definition) is 2. The third-order valence-corrected chi connectivity index (χ3v) is 5.62. The highest BCUT2D eigenvalue weighted by atomic mass is 16.3. The maximum absolute atomic E-state index is 11.3. The zero-order valence-corrected chi connectivity index (χ0v) is 16.8. The Hall–Kier alpha value is -3.72. The van der Waals surface area contributed by atoms with Gasteiger partial charge in [0.15, 0.2) is 5.76 Å². The molecule has 0 bridgehead atoms. The number of aromatic nitrogens is 5. The molecule has 0 aromatic carbocycles. The molecule has 5 rings (SSSR count). The third kappa shape index (κ3) is 3.75. The van der Waals surface area contributed by atoms with Crippen molar-refractivity contribution in [3.63, 3.8) is 0 Å². The van der Waals surface area contributed by atoms with Gasteiger partial charge in [-0.3, -0.25) is 14.5 Å². The van der Waals surface area contributed by atoms with Crippen LogP contribution >= 0.6 is 0 Å². The highest BCUT2D eigenvalue weighted by Crippen LogP contribution is 2.32. The number of aliphatic hydroxyl groups excluding tert-OH is 1. The van der Waals surface area contributed by atoms with Gasteiger partial charge in [-0.2, -0.15) is 10.2 Å². The fraction of sp³-hybridized carbons (Fsp3) is 0.273. The Labute approximate surface area is 178 Å². The molecule has 1 fully saturated rings. The summed E-state index contributed by atoms with van der Waals surface area (Å²) in [5, 5.41) is 19.2. The second-order valence-electron chi connectivity index (χ2n) is 7.72. The van der Waals surface area contributed by atoms with Gasteiger partial charge < -0.3 is 15.3 Å². The van der Waals surface area contributed by atoms with Crippen molar-refractivity contribution >= 4 is 5.91 Å². The van der Waals surface area contributed by atoms with Crippen molar-refractivity contribution in [2.75, 3.05) is 0 Å². The maximum Gasteiger partial charge on any atom is 0.284 e. The first-order valence-electron chi connectivity index (χ1n) is 10.2. The summed E-state index contributed by atoms with van der Waals surface area (Å²) in [4.78, 5) is 15.8. The van der Waals surface area contributed by atoms with E-state index >= 15 is 0 Å². The van der Waals surface area contributed by atoms with E-state index in [1.54, 1.807) is 29.2 Å². The number of primary amides is 1. The number of hydrogen-bond acceptors (Lipinski definition) is 6. The van der Waals surface area contributed by atoms with Crippen LogP contribution in [-0.4, -0.2) is 41.7 Å². The summed E-state index contributed by atoms with van der Waals surface area (Å²) in [7, 11) is 0. The van der Waals surface area contributed by atoms with E-state index in [1.807, 2.05) is 35.3 Å². The second-order valence-corrected chi connectivity index (χ2v) is 7.72. The Kier molecular flexibility index (Phi) is 4.87. The lowest BCUT2D eigenvalue weighted by Gasteiger charge is -2.25. The van der Waals surface area contributed by atoms with E-state index < -0.39 is 5.91 Å². The van der Waals surface area contributed by atoms with Crippen LogP contribution < -0.4 is 5.73 Å². The van der Waals surface area contributed by atoms with Gasteiger partial charge in [0.1, 0.15) is 17.1 Å². The Balaban J connectivity index is 1.53. The number of carbonyl (C=O) groups is 1. The maximum atomic E-state index is 11.3. The molecule has 4 heterocycles. The van der Waals surface area contributed by atoms with E-state index in [2.05, 4.69) is 10.1 Å². The van der Waals surface area contributed by atoms with Crippen molar-refractivity contribution in [2.45, 2.75) is 37.8 Å². The first kappa shape index (κ1) is 19.3. The molecule has 4 aromatic heterocycles. The predicted molar refractivity (Wildman–Crippen MR) is 112 cm³/mol. The molecule has 0 atom stereocenters. The standard InChI is InChI=1S/C22H22N6O3/c23-22(30)20-9-8-19(31-20)14-11-25-28(12-14)18-13-27(15-4-6-16(29)7-5-15)26-21(18)17-3-1-2-10-24-17/h1-3,8-13,15-16,29H,4-7H2,(H2,23,30). The average Bonchev–Trinajstić information content (AvgIpc) is 3.53. The summed E-state index contributed by atoms with van der Waals surface area (Å²) in [6.45, 7) is 0. The van der Waals surface area contributed by atoms with Crippen LogP contribution in [0.1, 0.15) is 42.3 Å². The molecule has 3 N–H and O–H groups in total. The minimum atomic E-state index is -0.616. The zero-order valence-electron chi connectivity index (χ0n) is 16.8. The molecule has 9 nitrogen and oxygen atoms in total. The largest absolute Gasteiger partial charge is 0.451 e. The summed E-state index contributed by atoms with van der Waals surface area (Å²) in [5.41, 5.74) is 8.26. The summed E-state index contributed by atoms with van der Waals surface area (Å²) in [5.74, 6) is -0.00715. The van der Waals surface area contributed by atoms with Gasteiger partial charge in [0, 0.05) is 12.4 Å². The van der Waals surface area contributed by atoms with Crippen LogP contribution in [0.3, 0.4) is 0 Å². The molecule has 1 saturated carbocycles. The van der Waals surface area contributed by atoms with Crippen molar-refractivity contribution in [2.24, 2.45) is 5.73 Å². The highest BCUT2D eigenvalue weighted by molar-refractivity contribution is 5.90. The summed E-state index contributed by atoms with van der Waals surface area (Å²) < 4.78 is 9.21. The summed E-state index contributed by atoms with van der Waals surface area (Å²) >= 11 is 0. The van der Waals surface area contributed by atoms with E-state index in [9.17, 15) is 9.90 Å². The Morgan fingerprint density at radius 1 is 1.13 bits per heavy atom. The molecule has 158 valence electrons. The van der Waals surface area contributed by atoms with Crippen molar-refractivity contribution < 1.29 is 14.3 Å². The van der Waals surface area contributed by atoms with Gasteiger partial charge in [-0.05, 0) is 49.9 Å². The van der Waals surface area contributed by atoms with Crippen LogP contribution in [0.25, 0.3) is 28.4 Å². The van der Waals surface area contributed by atoms with Crippen LogP contribution in [0, 0.1) is 0 Å². The van der Waals surface area contributed by atoms with Gasteiger partial charge >= 0.3 is 0 Å². The van der Waals surface area contributed by atoms with Crippen LogP contribution in [-0.2, 0) is 0 Å². The topological polar surface area (TPSA) is 125 Å². The van der Waals surface area contributed by atoms with Gasteiger partial charge in [0.2, 0.25) is 0 Å². The Bertz CT molecular complexity index is 1200. The number of pyridine rings is 1. The van der Waals surface area contributed by atoms with Crippen LogP contribution in [0.2, 0.25) is 0 Å². The van der Waals surface area contributed by atoms with Crippen LogP contribution in [0.15, 0.2) is 59.5 Å². The minimum absolute atomic E-state index is 0.101. The van der Waals surface area contributed by atoms with Gasteiger partial charge in [-0.15, -0.1) is 0 Å². The molecule has 0 aliphatic heterocycles. The summed E-state index contributed by atoms with van der Waals surface area (Å²) in [6, 6.07) is 9.16. The molecule has 0 unspecified atom stereocenters. The first-order chi connectivity index (χ1) is 15.1. The van der Waals surface area contributed by atoms with E-state index in [-0.39, 0.29) is 17.9 Å². The first-order valence-corrected chi connectivity index (χ1v) is 10.2. The van der Waals surface area contributed by atoms with E-state index in [1.165, 1.54) is 0 Å². The van der Waals surface area contributed by atoms with E-state index in [4.69, 9.17) is 15.2 Å². The molecular weight excluding hydrogens is 396 g/mol. The number of carbonyl (C=O) groups excluding carboxylic acids is 1. The molecule has 4 aromatic rings. The minimum Gasteiger partial charge on any atom is -0.451 e. The number of nitrogens with two attached hydrogens (primary N) is 1. The molecule has 0 saturated heterocycles. The SMILES string of the molecule is NC(=O)c1ccc(-c2cnn(-c3cn(C4CCC(O)CC4)nc3-c3ccccn3)c2)o1. The van der Waals surface area contributed by atoms with Crippen molar-refractivity contribution in [1.82, 2.24) is 24.5 Å². The highest BCUT2D eigenvalue weighted by Gasteiger charge is 2.24. The normalized spacial score (nSPS) is 18.9. The number of furan rings is 1. The van der Waals surface area contributed by atoms with Crippen LogP contribution in [0.5, 0.6) is 0 Å². The van der Waals surface area contributed by atoms with Gasteiger partial charge in [0.05, 0.1) is 35.8 Å². The number of amides is 1. The average molecular weight is 418 g/mol. The van der Waals surface area contributed by atoms with Crippen molar-refractivity contribution in [1.29, 1.82) is 0 Å². The quantitative estimate of drug-likeness (QED) is 0.513. The molecule has 1 aliphatic carbocycles. The Morgan fingerprint density at radius 2 is 1.97 bits per heavy atom. The molecule has 0 radical (unpaired) electrons. The molecule has 9 heteroatoms. The third-order valence-electron chi connectivity index (χ3n) is 5.62. The number of rotatable bonds is 5. The van der Waals surface area contributed by atoms with E-state index in [0.29, 0.717) is 11.3 Å². The summed E-state index contributed by atoms with van der Waals surface area (Å²) in [6.07, 6.45) is 10.2. The van der Waals surface area contributed by atoms with Gasteiger partial charge in [-0.25, -0.2) is 4.68 Å². The van der Waals surface area contributed by atoms with Crippen LogP contribution in [0.4, 0.5) is 0 Å². The molecule has 31 heavy (non-hydrogen) atoms. The monoisotopic (exact) mass is 418 g/mol. The smallest absolute Gasteiger partial charge is 0.284 e. The molecule has 1 amide bonds. The molecule has 0 spiro atoms. The second kappa shape index (κ2) is 7.84. The molecule has 1 aliphatic rings. The fourth-order valence-electron chi connectivity index (χ4n) is 3.95. The number of nitrogens with zero attached hydrogens (tertiary/aromatic N) is 5. The lowest BCUT2D eigenvalue weighted by atomic mass is 9.93. The number of aliphatic hydroxyl groups is 1. The van der Waals surface area contributed by atoms with Gasteiger partial charge in [0.25, 0.3) is 5.91 Å². The lowest BCUT2D eigenvalue weighted by Crippen LogP contribution is -2.21. The lowest BCUT2D eigenvalue weighted by molar-refractivity contribution is 0.0974. The van der Waals surface area contributed by atoms with Crippen molar-refractivity contribution in [3.8, 4) is 28.4 Å². The van der Waals surface area contributed by atoms with Gasteiger partial charge in [-0.1, -0.05) is 6.07 Å². The Morgan fingerprint density at radius 3 is 2.68 bits per heavy atom. The van der Waals surface area contributed by atoms with E-state index in [0.717, 1.165) is 42.8 Å². The van der Waals surface area contributed by atoms with Crippen molar-refractivity contribution in [3.05, 3.63) is 60.9 Å².